The molecule has 0 saturated carbocycles. The van der Waals surface area contributed by atoms with Gasteiger partial charge in [0.05, 0.1) is 0 Å². The zero-order valence-electron chi connectivity index (χ0n) is 9.86. The molecule has 1 heterocycles. The van der Waals surface area contributed by atoms with Gasteiger partial charge in [-0.1, -0.05) is 0 Å². The zero-order chi connectivity index (χ0) is 14.5. The Morgan fingerprint density at radius 1 is 1.28 bits per heavy atom. The van der Waals surface area contributed by atoms with Crippen molar-refractivity contribution in [1.82, 2.24) is 10.2 Å². The highest BCUT2D eigenvalue weighted by molar-refractivity contribution is 5.74. The van der Waals surface area contributed by atoms with Gasteiger partial charge >= 0.3 is 18.1 Å². The molecule has 1 saturated heterocycles. The first-order valence-electron chi connectivity index (χ1n) is 4.98. The van der Waals surface area contributed by atoms with E-state index in [9.17, 15) is 18.0 Å². The van der Waals surface area contributed by atoms with Crippen LogP contribution in [0.1, 0.15) is 6.42 Å². The first kappa shape index (κ1) is 16.6. The van der Waals surface area contributed by atoms with Crippen LogP contribution in [0.3, 0.4) is 0 Å². The quantitative estimate of drug-likeness (QED) is 0.655. The Morgan fingerprint density at radius 3 is 1.89 bits per heavy atom. The van der Waals surface area contributed by atoms with Gasteiger partial charge in [-0.05, 0) is 20.5 Å². The summed E-state index contributed by atoms with van der Waals surface area (Å²) in [5.74, 6) is -3.50. The molecule has 0 unspecified atom stereocenters. The number of nitrogens with zero attached hydrogens (tertiary/aromatic N) is 1. The second-order valence-corrected chi connectivity index (χ2v) is 3.96. The van der Waals surface area contributed by atoms with Crippen LogP contribution in [0.5, 0.6) is 0 Å². The molecule has 9 heteroatoms. The number of hydrogen-bond donors (Lipinski definition) is 3. The summed E-state index contributed by atoms with van der Waals surface area (Å²) in [6, 6.07) is 0.0264. The summed E-state index contributed by atoms with van der Waals surface area (Å²) in [6.45, 7) is 0.782. The maximum Gasteiger partial charge on any atom is 0.490 e. The predicted molar refractivity (Wildman–Crippen MR) is 55.2 cm³/mol. The third kappa shape index (κ3) is 5.82. The van der Waals surface area contributed by atoms with Gasteiger partial charge in [0.15, 0.2) is 0 Å². The van der Waals surface area contributed by atoms with Crippen LogP contribution in [0, 0.1) is 0 Å². The Morgan fingerprint density at radius 2 is 1.72 bits per heavy atom. The lowest BCUT2D eigenvalue weighted by Crippen LogP contribution is -2.30. The number of carboxylic acids is 2. The summed E-state index contributed by atoms with van der Waals surface area (Å²) < 4.78 is 31.7. The van der Waals surface area contributed by atoms with Crippen molar-refractivity contribution in [2.24, 2.45) is 0 Å². The Balaban J connectivity index is 0.000000360. The molecule has 1 rings (SSSR count). The topological polar surface area (TPSA) is 89.9 Å². The van der Waals surface area contributed by atoms with E-state index in [0.29, 0.717) is 12.5 Å². The van der Waals surface area contributed by atoms with E-state index < -0.39 is 18.1 Å². The smallest absolute Gasteiger partial charge is 0.480 e. The molecule has 0 radical (unpaired) electrons. The number of hydrogen-bond acceptors (Lipinski definition) is 4. The molecule has 0 bridgehead atoms. The maximum atomic E-state index is 10.6. The standard InChI is InChI=1S/C7H14N2O2.C2HF3O2/c1-9(2)5-3-6(7(10)11)8-4-5;3-2(4,5)1(6)7/h5-6,8H,3-4H2,1-2H3,(H,10,11);(H,6,7)/t5-,6+;/m1./s1. The van der Waals surface area contributed by atoms with E-state index in [4.69, 9.17) is 15.0 Å². The van der Waals surface area contributed by atoms with Crippen molar-refractivity contribution in [3.63, 3.8) is 0 Å². The van der Waals surface area contributed by atoms with Crippen LogP contribution in [0.15, 0.2) is 0 Å². The average molecular weight is 272 g/mol. The molecular weight excluding hydrogens is 257 g/mol. The molecule has 0 aromatic heterocycles. The van der Waals surface area contributed by atoms with Crippen LogP contribution in [0.25, 0.3) is 0 Å². The van der Waals surface area contributed by atoms with Gasteiger partial charge in [0.25, 0.3) is 0 Å². The largest absolute Gasteiger partial charge is 0.490 e. The first-order chi connectivity index (χ1) is 8.05. The lowest BCUT2D eigenvalue weighted by Gasteiger charge is -2.16. The van der Waals surface area contributed by atoms with Crippen molar-refractivity contribution in [2.75, 3.05) is 20.6 Å². The first-order valence-corrected chi connectivity index (χ1v) is 4.98. The second-order valence-electron chi connectivity index (χ2n) is 3.96. The van der Waals surface area contributed by atoms with E-state index in [2.05, 4.69) is 10.2 Å². The number of carbonyl (C=O) groups is 2. The number of likely N-dealkylation sites (N-methyl/N-ethyl adjacent to an activating group) is 1. The molecule has 18 heavy (non-hydrogen) atoms. The van der Waals surface area contributed by atoms with Crippen LogP contribution in [0.4, 0.5) is 13.2 Å². The zero-order valence-corrected chi connectivity index (χ0v) is 9.86. The normalized spacial score (nSPS) is 23.4. The van der Waals surface area contributed by atoms with Gasteiger partial charge in [-0.15, -0.1) is 0 Å². The molecule has 1 aliphatic rings. The fourth-order valence-corrected chi connectivity index (χ4v) is 1.30. The van der Waals surface area contributed by atoms with E-state index >= 15 is 0 Å². The highest BCUT2D eigenvalue weighted by atomic mass is 19.4. The lowest BCUT2D eigenvalue weighted by atomic mass is 10.1. The van der Waals surface area contributed by atoms with Gasteiger partial charge in [0.1, 0.15) is 6.04 Å². The van der Waals surface area contributed by atoms with Crippen molar-refractivity contribution in [1.29, 1.82) is 0 Å². The molecule has 0 aliphatic carbocycles. The van der Waals surface area contributed by atoms with Gasteiger partial charge < -0.3 is 20.4 Å². The van der Waals surface area contributed by atoms with Crippen LogP contribution in [0.2, 0.25) is 0 Å². The highest BCUT2D eigenvalue weighted by Gasteiger charge is 2.38. The molecule has 106 valence electrons. The van der Waals surface area contributed by atoms with Crippen molar-refractivity contribution >= 4 is 11.9 Å². The minimum atomic E-state index is -5.08. The van der Waals surface area contributed by atoms with Gasteiger partial charge in [-0.25, -0.2) is 4.79 Å². The molecule has 1 fully saturated rings. The molecule has 0 spiro atoms. The fraction of sp³-hybridized carbons (Fsp3) is 0.778. The summed E-state index contributed by atoms with van der Waals surface area (Å²) >= 11 is 0. The van der Waals surface area contributed by atoms with Crippen molar-refractivity contribution in [3.8, 4) is 0 Å². The van der Waals surface area contributed by atoms with Gasteiger partial charge in [-0.2, -0.15) is 13.2 Å². The maximum absolute atomic E-state index is 10.6. The number of nitrogens with one attached hydrogen (secondary N) is 1. The lowest BCUT2D eigenvalue weighted by molar-refractivity contribution is -0.192. The Kier molecular flexibility index (Phi) is 6.06. The predicted octanol–water partition coefficient (Wildman–Crippen LogP) is -0.00360. The van der Waals surface area contributed by atoms with E-state index in [1.807, 2.05) is 14.1 Å². The summed E-state index contributed by atoms with van der Waals surface area (Å²) in [5, 5.41) is 18.7. The van der Waals surface area contributed by atoms with Crippen molar-refractivity contribution < 1.29 is 33.0 Å². The molecular formula is C9H15F3N2O4. The van der Waals surface area contributed by atoms with Gasteiger partial charge in [0.2, 0.25) is 0 Å². The number of carboxylic acid groups (broad SMARTS) is 2. The van der Waals surface area contributed by atoms with Gasteiger partial charge in [0, 0.05) is 12.6 Å². The second kappa shape index (κ2) is 6.55. The average Bonchev–Trinajstić information content (AvgIpc) is 2.65. The van der Waals surface area contributed by atoms with Crippen molar-refractivity contribution in [3.05, 3.63) is 0 Å². The summed E-state index contributed by atoms with van der Waals surface area (Å²) in [7, 11) is 3.94. The SMILES string of the molecule is CN(C)[C@H]1CN[C@H](C(=O)O)C1.O=C(O)C(F)(F)F. The molecule has 2 atom stereocenters. The molecule has 0 aromatic carbocycles. The monoisotopic (exact) mass is 272 g/mol. The Labute approximate surface area is 101 Å². The number of alkyl halides is 3. The Hall–Kier alpha value is -1.35. The molecule has 1 aliphatic heterocycles. The molecule has 0 amide bonds. The third-order valence-electron chi connectivity index (χ3n) is 2.38. The van der Waals surface area contributed by atoms with Crippen LogP contribution in [-0.4, -0.2) is 66.0 Å². The van der Waals surface area contributed by atoms with E-state index in [-0.39, 0.29) is 6.04 Å². The number of aliphatic carboxylic acids is 2. The van der Waals surface area contributed by atoms with Crippen LogP contribution >= 0.6 is 0 Å². The highest BCUT2D eigenvalue weighted by Crippen LogP contribution is 2.13. The van der Waals surface area contributed by atoms with E-state index in [1.165, 1.54) is 0 Å². The van der Waals surface area contributed by atoms with Crippen molar-refractivity contribution in [2.45, 2.75) is 24.7 Å². The van der Waals surface area contributed by atoms with E-state index in [1.54, 1.807) is 0 Å². The number of rotatable bonds is 2. The fourth-order valence-electron chi connectivity index (χ4n) is 1.30. The summed E-state index contributed by atoms with van der Waals surface area (Å²) in [6.07, 6.45) is -4.37. The Bertz CT molecular complexity index is 307. The third-order valence-corrected chi connectivity index (χ3v) is 2.38. The van der Waals surface area contributed by atoms with Gasteiger partial charge in [-0.3, -0.25) is 4.79 Å². The number of halogens is 3. The van der Waals surface area contributed by atoms with E-state index in [0.717, 1.165) is 6.54 Å². The summed E-state index contributed by atoms with van der Waals surface area (Å²) in [4.78, 5) is 21.4. The molecule has 0 aromatic rings. The van der Waals surface area contributed by atoms with Crippen LogP contribution < -0.4 is 5.32 Å². The summed E-state index contributed by atoms with van der Waals surface area (Å²) in [5.41, 5.74) is 0. The minimum absolute atomic E-state index is 0.345. The molecule has 6 nitrogen and oxygen atoms in total. The molecule has 3 N–H and O–H groups in total. The van der Waals surface area contributed by atoms with Crippen LogP contribution in [-0.2, 0) is 9.59 Å². The minimum Gasteiger partial charge on any atom is -0.480 e.